The number of nitrogens with zero attached hydrogens (tertiary/aromatic N) is 4. The van der Waals surface area contributed by atoms with Gasteiger partial charge < -0.3 is 14.8 Å². The number of amides is 1. The summed E-state index contributed by atoms with van der Waals surface area (Å²) in [5, 5.41) is 13.0. The molecule has 3 aromatic carbocycles. The Kier molecular flexibility index (Phi) is 8.14. The molecular weight excluding hydrogens is 494 g/mol. The summed E-state index contributed by atoms with van der Waals surface area (Å²) in [5.41, 5.74) is 3.93. The van der Waals surface area contributed by atoms with Crippen LogP contribution >= 0.6 is 0 Å². The SMILES string of the molecule is CC(C)(C)C(c1nc(-c2ccccc2)cn1Cc1cccc(C#N)c1)N(CC1CCNC1)C(=O)c1ccccc1. The number of benzene rings is 3. The molecule has 204 valence electrons. The van der Waals surface area contributed by atoms with Gasteiger partial charge in [-0.1, -0.05) is 81.4 Å². The molecule has 0 saturated carbocycles. The lowest BCUT2D eigenvalue weighted by Crippen LogP contribution is -2.45. The third kappa shape index (κ3) is 6.16. The van der Waals surface area contributed by atoms with Crippen LogP contribution in [-0.2, 0) is 6.54 Å². The molecule has 4 aromatic rings. The molecule has 1 amide bonds. The van der Waals surface area contributed by atoms with Gasteiger partial charge in [0.2, 0.25) is 0 Å². The van der Waals surface area contributed by atoms with Crippen LogP contribution in [0.3, 0.4) is 0 Å². The van der Waals surface area contributed by atoms with Crippen molar-refractivity contribution in [3.8, 4) is 17.3 Å². The molecule has 0 bridgehead atoms. The van der Waals surface area contributed by atoms with Crippen molar-refractivity contribution in [2.45, 2.75) is 39.8 Å². The van der Waals surface area contributed by atoms with Gasteiger partial charge in [0.25, 0.3) is 5.91 Å². The Morgan fingerprint density at radius 3 is 2.45 bits per heavy atom. The fourth-order valence-corrected chi connectivity index (χ4v) is 5.65. The number of hydrogen-bond donors (Lipinski definition) is 1. The van der Waals surface area contributed by atoms with Crippen LogP contribution in [0.4, 0.5) is 0 Å². The fraction of sp³-hybridized carbons (Fsp3) is 0.324. The van der Waals surface area contributed by atoms with E-state index >= 15 is 0 Å². The van der Waals surface area contributed by atoms with E-state index in [0.29, 0.717) is 30.1 Å². The topological polar surface area (TPSA) is 74.0 Å². The lowest BCUT2D eigenvalue weighted by atomic mass is 9.83. The minimum absolute atomic E-state index is 0.0229. The number of nitriles is 1. The minimum atomic E-state index is -0.304. The van der Waals surface area contributed by atoms with E-state index in [-0.39, 0.29) is 17.4 Å². The molecule has 40 heavy (non-hydrogen) atoms. The molecule has 5 rings (SSSR count). The molecule has 6 nitrogen and oxygen atoms in total. The highest BCUT2D eigenvalue weighted by atomic mass is 16.2. The smallest absolute Gasteiger partial charge is 0.254 e. The Morgan fingerprint density at radius 2 is 1.80 bits per heavy atom. The standard InChI is InChI=1S/C34H37N5O/c1-34(2,3)31(39(23-27-17-18-36-21-27)33(40)29-15-8-5-9-16-29)32-37-30(28-13-6-4-7-14-28)24-38(32)22-26-12-10-11-25(19-26)20-35/h4-16,19,24,27,31,36H,17-18,21-23H2,1-3H3. The maximum Gasteiger partial charge on any atom is 0.254 e. The number of imidazole rings is 1. The Bertz CT molecular complexity index is 1470. The first-order valence-electron chi connectivity index (χ1n) is 14.0. The molecule has 1 aliphatic rings. The van der Waals surface area contributed by atoms with E-state index in [4.69, 9.17) is 4.98 Å². The quantitative estimate of drug-likeness (QED) is 0.289. The predicted molar refractivity (Wildman–Crippen MR) is 159 cm³/mol. The molecule has 2 atom stereocenters. The lowest BCUT2D eigenvalue weighted by molar-refractivity contribution is 0.0437. The zero-order valence-electron chi connectivity index (χ0n) is 23.5. The van der Waals surface area contributed by atoms with Gasteiger partial charge >= 0.3 is 0 Å². The van der Waals surface area contributed by atoms with Gasteiger partial charge in [0.1, 0.15) is 5.82 Å². The van der Waals surface area contributed by atoms with Crippen molar-refractivity contribution in [3.63, 3.8) is 0 Å². The maximum atomic E-state index is 14.3. The first-order valence-corrected chi connectivity index (χ1v) is 14.0. The molecule has 1 fully saturated rings. The van der Waals surface area contributed by atoms with Crippen LogP contribution < -0.4 is 5.32 Å². The first-order chi connectivity index (χ1) is 19.3. The first kappa shape index (κ1) is 27.4. The summed E-state index contributed by atoms with van der Waals surface area (Å²) in [6, 6.07) is 29.4. The van der Waals surface area contributed by atoms with E-state index in [1.54, 1.807) is 0 Å². The number of aromatic nitrogens is 2. The van der Waals surface area contributed by atoms with Gasteiger partial charge in [-0.05, 0) is 60.7 Å². The molecular formula is C34H37N5O. The van der Waals surface area contributed by atoms with Crippen LogP contribution in [0.15, 0.2) is 91.1 Å². The second-order valence-corrected chi connectivity index (χ2v) is 11.7. The van der Waals surface area contributed by atoms with Crippen molar-refractivity contribution in [3.05, 3.63) is 114 Å². The third-order valence-corrected chi connectivity index (χ3v) is 7.56. The van der Waals surface area contributed by atoms with Crippen molar-refractivity contribution in [2.24, 2.45) is 11.3 Å². The number of hydrogen-bond acceptors (Lipinski definition) is 4. The van der Waals surface area contributed by atoms with Gasteiger partial charge in [0.05, 0.1) is 23.4 Å². The Morgan fingerprint density at radius 1 is 1.07 bits per heavy atom. The summed E-state index contributed by atoms with van der Waals surface area (Å²) in [6.07, 6.45) is 3.13. The number of carbonyl (C=O) groups is 1. The highest BCUT2D eigenvalue weighted by molar-refractivity contribution is 5.94. The number of nitrogens with one attached hydrogen (secondary N) is 1. The fourth-order valence-electron chi connectivity index (χ4n) is 5.65. The van der Waals surface area contributed by atoms with Gasteiger partial charge in [-0.2, -0.15) is 5.26 Å². The summed E-state index contributed by atoms with van der Waals surface area (Å²) in [4.78, 5) is 21.6. The highest BCUT2D eigenvalue weighted by Crippen LogP contribution is 2.40. The zero-order chi connectivity index (χ0) is 28.1. The lowest BCUT2D eigenvalue weighted by Gasteiger charge is -2.41. The van der Waals surface area contributed by atoms with E-state index in [1.807, 2.05) is 72.8 Å². The summed E-state index contributed by atoms with van der Waals surface area (Å²) < 4.78 is 2.17. The Balaban J connectivity index is 1.65. The summed E-state index contributed by atoms with van der Waals surface area (Å²) in [7, 11) is 0. The predicted octanol–water partition coefficient (Wildman–Crippen LogP) is 6.31. The largest absolute Gasteiger partial charge is 0.328 e. The molecule has 2 unspecified atom stereocenters. The van der Waals surface area contributed by atoms with E-state index in [1.165, 1.54) is 0 Å². The monoisotopic (exact) mass is 531 g/mol. The van der Waals surface area contributed by atoms with Crippen molar-refractivity contribution in [1.29, 1.82) is 5.26 Å². The van der Waals surface area contributed by atoms with Crippen LogP contribution in [0.25, 0.3) is 11.3 Å². The van der Waals surface area contributed by atoms with Crippen molar-refractivity contribution >= 4 is 5.91 Å². The highest BCUT2D eigenvalue weighted by Gasteiger charge is 2.40. The van der Waals surface area contributed by atoms with Crippen molar-refractivity contribution < 1.29 is 4.79 Å². The van der Waals surface area contributed by atoms with Gasteiger partial charge in [-0.15, -0.1) is 0 Å². The van der Waals surface area contributed by atoms with Gasteiger partial charge in [-0.3, -0.25) is 4.79 Å². The molecule has 6 heteroatoms. The molecule has 1 aromatic heterocycles. The van der Waals surface area contributed by atoms with E-state index in [2.05, 4.69) is 60.0 Å². The summed E-state index contributed by atoms with van der Waals surface area (Å²) >= 11 is 0. The van der Waals surface area contributed by atoms with Crippen molar-refractivity contribution in [2.75, 3.05) is 19.6 Å². The van der Waals surface area contributed by atoms with Crippen molar-refractivity contribution in [1.82, 2.24) is 19.8 Å². The van der Waals surface area contributed by atoms with Gasteiger partial charge in [0, 0.05) is 30.4 Å². The van der Waals surface area contributed by atoms with E-state index < -0.39 is 0 Å². The van der Waals surface area contributed by atoms with Crippen LogP contribution in [0, 0.1) is 22.7 Å². The van der Waals surface area contributed by atoms with E-state index in [0.717, 1.165) is 42.2 Å². The van der Waals surface area contributed by atoms with Crippen LogP contribution in [-0.4, -0.2) is 40.0 Å². The van der Waals surface area contributed by atoms with Gasteiger partial charge in [0.15, 0.2) is 0 Å². The molecule has 2 heterocycles. The number of carbonyl (C=O) groups excluding carboxylic acids is 1. The maximum absolute atomic E-state index is 14.3. The molecule has 1 N–H and O–H groups in total. The number of rotatable bonds is 8. The summed E-state index contributed by atoms with van der Waals surface area (Å²) in [5.74, 6) is 1.25. The average molecular weight is 532 g/mol. The normalized spacial score (nSPS) is 15.9. The zero-order valence-corrected chi connectivity index (χ0v) is 23.5. The summed E-state index contributed by atoms with van der Waals surface area (Å²) in [6.45, 7) is 9.64. The van der Waals surface area contributed by atoms with E-state index in [9.17, 15) is 10.1 Å². The molecule has 0 spiro atoms. The third-order valence-electron chi connectivity index (χ3n) is 7.56. The van der Waals surface area contributed by atoms with Crippen LogP contribution in [0.1, 0.15) is 60.5 Å². The molecule has 1 aliphatic heterocycles. The second kappa shape index (κ2) is 11.9. The molecule has 0 radical (unpaired) electrons. The molecule has 1 saturated heterocycles. The Labute approximate surface area is 237 Å². The Hall–Kier alpha value is -4.21. The minimum Gasteiger partial charge on any atom is -0.328 e. The second-order valence-electron chi connectivity index (χ2n) is 11.7. The van der Waals surface area contributed by atoms with Gasteiger partial charge in [-0.25, -0.2) is 4.98 Å². The van der Waals surface area contributed by atoms with Crippen LogP contribution in [0.2, 0.25) is 0 Å². The van der Waals surface area contributed by atoms with Crippen LogP contribution in [0.5, 0.6) is 0 Å². The average Bonchev–Trinajstić information content (AvgIpc) is 3.63. The molecule has 0 aliphatic carbocycles.